The van der Waals surface area contributed by atoms with Crippen molar-refractivity contribution in [2.24, 2.45) is 0 Å². The van der Waals surface area contributed by atoms with Gasteiger partial charge in [-0.15, -0.1) is 11.3 Å². The van der Waals surface area contributed by atoms with Gasteiger partial charge >= 0.3 is 6.03 Å². The number of rotatable bonds is 6. The smallest absolute Gasteiger partial charge is 0.314 e. The predicted molar refractivity (Wildman–Crippen MR) is 84.1 cm³/mol. The number of nitrogens with one attached hydrogen (secondary N) is 3. The molecule has 114 valence electrons. The van der Waals surface area contributed by atoms with Crippen LogP contribution in [0.25, 0.3) is 10.1 Å². The first-order valence-electron chi connectivity index (χ1n) is 6.52. The maximum absolute atomic E-state index is 12.2. The van der Waals surface area contributed by atoms with Crippen LogP contribution in [0.1, 0.15) is 6.92 Å². The quantitative estimate of drug-likeness (QED) is 0.703. The SMILES string of the molecule is CCNC(=O)NCCNS(=O)(=O)c1csc2ccccc12. The third kappa shape index (κ3) is 3.93. The number of carbonyl (C=O) groups is 1. The number of thiophene rings is 1. The molecule has 6 nitrogen and oxygen atoms in total. The van der Waals surface area contributed by atoms with Crippen molar-refractivity contribution in [3.05, 3.63) is 29.6 Å². The van der Waals surface area contributed by atoms with Gasteiger partial charge in [-0.1, -0.05) is 18.2 Å². The molecular weight excluding hydrogens is 310 g/mol. The van der Waals surface area contributed by atoms with E-state index in [1.54, 1.807) is 11.4 Å². The average molecular weight is 327 g/mol. The van der Waals surface area contributed by atoms with E-state index in [1.807, 2.05) is 25.1 Å². The number of fused-ring (bicyclic) bond motifs is 1. The molecule has 1 heterocycles. The first kappa shape index (κ1) is 15.7. The van der Waals surface area contributed by atoms with Crippen LogP contribution in [-0.4, -0.2) is 34.1 Å². The van der Waals surface area contributed by atoms with E-state index in [9.17, 15) is 13.2 Å². The van der Waals surface area contributed by atoms with Crippen LogP contribution in [0.3, 0.4) is 0 Å². The number of hydrogen-bond donors (Lipinski definition) is 3. The highest BCUT2D eigenvalue weighted by Crippen LogP contribution is 2.28. The van der Waals surface area contributed by atoms with E-state index in [0.29, 0.717) is 11.9 Å². The lowest BCUT2D eigenvalue weighted by Gasteiger charge is -2.07. The van der Waals surface area contributed by atoms with E-state index >= 15 is 0 Å². The van der Waals surface area contributed by atoms with E-state index < -0.39 is 10.0 Å². The van der Waals surface area contributed by atoms with Gasteiger partial charge in [-0.05, 0) is 13.0 Å². The Bertz CT molecular complexity index is 725. The van der Waals surface area contributed by atoms with Gasteiger partial charge < -0.3 is 10.6 Å². The maximum Gasteiger partial charge on any atom is 0.314 e. The van der Waals surface area contributed by atoms with E-state index in [4.69, 9.17) is 0 Å². The van der Waals surface area contributed by atoms with Crippen LogP contribution in [0.2, 0.25) is 0 Å². The molecule has 0 aliphatic heterocycles. The summed E-state index contributed by atoms with van der Waals surface area (Å²) < 4.78 is 27.9. The van der Waals surface area contributed by atoms with Gasteiger partial charge in [-0.3, -0.25) is 0 Å². The molecule has 0 aliphatic carbocycles. The fourth-order valence-electron chi connectivity index (χ4n) is 1.82. The highest BCUT2D eigenvalue weighted by molar-refractivity contribution is 7.90. The molecule has 1 aromatic carbocycles. The Kier molecular flexibility index (Phi) is 5.16. The molecule has 3 N–H and O–H groups in total. The fraction of sp³-hybridized carbons (Fsp3) is 0.308. The number of sulfonamides is 1. The molecule has 2 amide bonds. The van der Waals surface area contributed by atoms with Crippen molar-refractivity contribution in [1.82, 2.24) is 15.4 Å². The molecule has 0 spiro atoms. The van der Waals surface area contributed by atoms with Crippen molar-refractivity contribution < 1.29 is 13.2 Å². The molecule has 21 heavy (non-hydrogen) atoms. The van der Waals surface area contributed by atoms with Crippen LogP contribution in [0.5, 0.6) is 0 Å². The van der Waals surface area contributed by atoms with E-state index in [-0.39, 0.29) is 24.0 Å². The molecule has 0 saturated heterocycles. The number of benzene rings is 1. The summed E-state index contributed by atoms with van der Waals surface area (Å²) in [5.74, 6) is 0. The van der Waals surface area contributed by atoms with E-state index in [0.717, 1.165) is 4.70 Å². The van der Waals surface area contributed by atoms with Gasteiger partial charge in [0.25, 0.3) is 0 Å². The highest BCUT2D eigenvalue weighted by atomic mass is 32.2. The molecule has 2 aromatic rings. The standard InChI is InChI=1S/C13H17N3O3S2/c1-2-14-13(17)15-7-8-16-21(18,19)12-9-20-11-6-4-3-5-10(11)12/h3-6,9,16H,2,7-8H2,1H3,(H2,14,15,17). The van der Waals surface area contributed by atoms with Crippen LogP contribution >= 0.6 is 11.3 Å². The van der Waals surface area contributed by atoms with E-state index in [2.05, 4.69) is 15.4 Å². The zero-order chi connectivity index (χ0) is 15.3. The summed E-state index contributed by atoms with van der Waals surface area (Å²) in [4.78, 5) is 11.5. The summed E-state index contributed by atoms with van der Waals surface area (Å²) in [6, 6.07) is 7.05. The Balaban J connectivity index is 1.98. The first-order chi connectivity index (χ1) is 10.0. The van der Waals surface area contributed by atoms with Crippen molar-refractivity contribution >= 4 is 37.5 Å². The van der Waals surface area contributed by atoms with Crippen LogP contribution in [-0.2, 0) is 10.0 Å². The Morgan fingerprint density at radius 2 is 1.95 bits per heavy atom. The molecule has 0 aliphatic rings. The van der Waals surface area contributed by atoms with Crippen LogP contribution in [0.4, 0.5) is 4.79 Å². The van der Waals surface area contributed by atoms with Crippen LogP contribution in [0, 0.1) is 0 Å². The minimum Gasteiger partial charge on any atom is -0.338 e. The van der Waals surface area contributed by atoms with Crippen molar-refractivity contribution in [2.45, 2.75) is 11.8 Å². The molecule has 0 saturated carbocycles. The molecular formula is C13H17N3O3S2. The lowest BCUT2D eigenvalue weighted by Crippen LogP contribution is -2.40. The minimum absolute atomic E-state index is 0.143. The normalized spacial score (nSPS) is 11.5. The molecule has 0 atom stereocenters. The lowest BCUT2D eigenvalue weighted by atomic mass is 10.3. The second-order valence-corrected chi connectivity index (χ2v) is 6.93. The monoisotopic (exact) mass is 327 g/mol. The van der Waals surface area contributed by atoms with Crippen molar-refractivity contribution in [1.29, 1.82) is 0 Å². The minimum atomic E-state index is -3.57. The predicted octanol–water partition coefficient (Wildman–Crippen LogP) is 1.50. The Morgan fingerprint density at radius 3 is 2.71 bits per heavy atom. The number of amides is 2. The molecule has 8 heteroatoms. The fourth-order valence-corrected chi connectivity index (χ4v) is 4.36. The van der Waals surface area contributed by atoms with Crippen LogP contribution in [0.15, 0.2) is 34.5 Å². The summed E-state index contributed by atoms with van der Waals surface area (Å²) in [5.41, 5.74) is 0. The molecule has 0 radical (unpaired) electrons. The van der Waals surface area contributed by atoms with Crippen molar-refractivity contribution in [3.8, 4) is 0 Å². The largest absolute Gasteiger partial charge is 0.338 e. The van der Waals surface area contributed by atoms with E-state index in [1.165, 1.54) is 11.3 Å². The maximum atomic E-state index is 12.2. The second kappa shape index (κ2) is 6.88. The number of hydrogen-bond acceptors (Lipinski definition) is 4. The second-order valence-electron chi connectivity index (χ2n) is 4.28. The van der Waals surface area contributed by atoms with Gasteiger partial charge in [0.2, 0.25) is 10.0 Å². The molecule has 0 bridgehead atoms. The number of carbonyl (C=O) groups excluding carboxylic acids is 1. The van der Waals surface area contributed by atoms with Crippen molar-refractivity contribution in [2.75, 3.05) is 19.6 Å². The van der Waals surface area contributed by atoms with Gasteiger partial charge in [0.15, 0.2) is 0 Å². The summed E-state index contributed by atoms with van der Waals surface area (Å²) >= 11 is 1.39. The van der Waals surface area contributed by atoms with Gasteiger partial charge in [-0.2, -0.15) is 0 Å². The third-order valence-electron chi connectivity index (χ3n) is 2.77. The average Bonchev–Trinajstić information content (AvgIpc) is 2.89. The number of urea groups is 1. The Hall–Kier alpha value is -1.64. The van der Waals surface area contributed by atoms with Gasteiger partial charge in [0, 0.05) is 35.1 Å². The lowest BCUT2D eigenvalue weighted by molar-refractivity contribution is 0.241. The Labute approximate surface area is 127 Å². The van der Waals surface area contributed by atoms with Crippen molar-refractivity contribution in [3.63, 3.8) is 0 Å². The topological polar surface area (TPSA) is 87.3 Å². The zero-order valence-electron chi connectivity index (χ0n) is 11.5. The van der Waals surface area contributed by atoms with Gasteiger partial charge in [-0.25, -0.2) is 17.9 Å². The molecule has 2 rings (SSSR count). The Morgan fingerprint density at radius 1 is 1.19 bits per heavy atom. The summed E-state index contributed by atoms with van der Waals surface area (Å²) in [6.07, 6.45) is 0. The summed E-state index contributed by atoms with van der Waals surface area (Å²) in [6.45, 7) is 2.71. The molecule has 0 fully saturated rings. The molecule has 1 aromatic heterocycles. The highest BCUT2D eigenvalue weighted by Gasteiger charge is 2.18. The zero-order valence-corrected chi connectivity index (χ0v) is 13.2. The third-order valence-corrected chi connectivity index (χ3v) is 5.39. The van der Waals surface area contributed by atoms with Gasteiger partial charge in [0.1, 0.15) is 4.90 Å². The van der Waals surface area contributed by atoms with Crippen LogP contribution < -0.4 is 15.4 Å². The summed E-state index contributed by atoms with van der Waals surface area (Å²) in [5, 5.41) is 7.48. The summed E-state index contributed by atoms with van der Waals surface area (Å²) in [7, 11) is -3.57. The molecule has 0 unspecified atom stereocenters. The first-order valence-corrected chi connectivity index (χ1v) is 8.88. The van der Waals surface area contributed by atoms with Gasteiger partial charge in [0.05, 0.1) is 0 Å².